The Bertz CT molecular complexity index is 170. The van der Waals surface area contributed by atoms with Gasteiger partial charge in [0.15, 0.2) is 0 Å². The summed E-state index contributed by atoms with van der Waals surface area (Å²) < 4.78 is 4.51. The van der Waals surface area contributed by atoms with Gasteiger partial charge in [0.1, 0.15) is 6.10 Å². The molecule has 0 aliphatic heterocycles. The molecule has 0 fully saturated rings. The average Bonchev–Trinajstić information content (AvgIpc) is 2.31. The molecule has 0 spiro atoms. The highest BCUT2D eigenvalue weighted by Gasteiger charge is 2.14. The number of carbonyl (C=O) groups excluding carboxylic acids is 1. The molecule has 16 heavy (non-hydrogen) atoms. The van der Waals surface area contributed by atoms with E-state index in [9.17, 15) is 4.79 Å². The monoisotopic (exact) mass is 232 g/mol. The van der Waals surface area contributed by atoms with Crippen LogP contribution in [-0.2, 0) is 14.4 Å². The van der Waals surface area contributed by atoms with Crippen molar-refractivity contribution in [1.82, 2.24) is 0 Å². The Morgan fingerprint density at radius 2 is 1.81 bits per heavy atom. The molecule has 0 aromatic heterocycles. The Balaban J connectivity index is 3.44. The van der Waals surface area contributed by atoms with Crippen molar-refractivity contribution in [2.24, 2.45) is 0 Å². The minimum atomic E-state index is -0.418. The van der Waals surface area contributed by atoms with Crippen molar-refractivity contribution in [1.29, 1.82) is 0 Å². The second-order valence-corrected chi connectivity index (χ2v) is 4.06. The fraction of sp³-hybridized carbons (Fsp3) is 0.917. The summed E-state index contributed by atoms with van der Waals surface area (Å²) in [5, 5.41) is 8.60. The van der Waals surface area contributed by atoms with Gasteiger partial charge in [0.05, 0.1) is 13.5 Å². The number of unbranched alkanes of at least 4 members (excludes halogenated alkanes) is 5. The van der Waals surface area contributed by atoms with Crippen molar-refractivity contribution in [3.05, 3.63) is 0 Å². The maximum absolute atomic E-state index is 10.9. The summed E-state index contributed by atoms with van der Waals surface area (Å²) in [5.41, 5.74) is 0. The van der Waals surface area contributed by atoms with Gasteiger partial charge in [-0.05, 0) is 6.42 Å². The molecule has 1 atom stereocenters. The van der Waals surface area contributed by atoms with Crippen molar-refractivity contribution in [3.8, 4) is 0 Å². The number of hydrogen-bond donors (Lipinski definition) is 1. The van der Waals surface area contributed by atoms with E-state index in [4.69, 9.17) is 5.26 Å². The summed E-state index contributed by atoms with van der Waals surface area (Å²) in [6.07, 6.45) is 7.51. The number of esters is 1. The molecular weight excluding hydrogens is 208 g/mol. The lowest BCUT2D eigenvalue weighted by Crippen LogP contribution is -2.17. The average molecular weight is 232 g/mol. The van der Waals surface area contributed by atoms with E-state index in [0.717, 1.165) is 12.8 Å². The molecule has 0 aliphatic carbocycles. The van der Waals surface area contributed by atoms with Crippen LogP contribution in [0.1, 0.15) is 58.3 Å². The van der Waals surface area contributed by atoms with E-state index >= 15 is 0 Å². The zero-order chi connectivity index (χ0) is 12.2. The van der Waals surface area contributed by atoms with Crippen LogP contribution in [0.5, 0.6) is 0 Å². The molecule has 96 valence electrons. The molecule has 0 radical (unpaired) electrons. The molecule has 0 bridgehead atoms. The molecule has 1 unspecified atom stereocenters. The summed E-state index contributed by atoms with van der Waals surface area (Å²) in [6.45, 7) is 2.19. The highest BCUT2D eigenvalue weighted by atomic mass is 17.1. The molecule has 4 heteroatoms. The SMILES string of the molecule is CCCCCCCCC(CC(=O)OC)OO. The standard InChI is InChI=1S/C12H24O4/c1-3-4-5-6-7-8-9-11(16-14)10-12(13)15-2/h11,14H,3-10H2,1-2H3. The third-order valence-electron chi connectivity index (χ3n) is 2.65. The quantitative estimate of drug-likeness (QED) is 0.272. The van der Waals surface area contributed by atoms with Crippen LogP contribution in [0.25, 0.3) is 0 Å². The Morgan fingerprint density at radius 3 is 2.38 bits per heavy atom. The van der Waals surface area contributed by atoms with E-state index in [1.54, 1.807) is 0 Å². The maximum Gasteiger partial charge on any atom is 0.308 e. The number of hydrogen-bond acceptors (Lipinski definition) is 4. The van der Waals surface area contributed by atoms with Gasteiger partial charge in [0.2, 0.25) is 0 Å². The molecule has 0 rings (SSSR count). The van der Waals surface area contributed by atoms with Crippen LogP contribution >= 0.6 is 0 Å². The fourth-order valence-electron chi connectivity index (χ4n) is 1.61. The number of ether oxygens (including phenoxy) is 1. The smallest absolute Gasteiger partial charge is 0.308 e. The fourth-order valence-corrected chi connectivity index (χ4v) is 1.61. The third kappa shape index (κ3) is 8.68. The van der Waals surface area contributed by atoms with Crippen molar-refractivity contribution in [3.63, 3.8) is 0 Å². The molecule has 0 heterocycles. The van der Waals surface area contributed by atoms with Crippen molar-refractivity contribution in [2.45, 2.75) is 64.4 Å². The van der Waals surface area contributed by atoms with E-state index in [1.807, 2.05) is 0 Å². The van der Waals surface area contributed by atoms with Gasteiger partial charge in [-0.2, -0.15) is 0 Å². The normalized spacial score (nSPS) is 12.4. The summed E-state index contributed by atoms with van der Waals surface area (Å²) in [6, 6.07) is 0. The van der Waals surface area contributed by atoms with Gasteiger partial charge < -0.3 is 4.74 Å². The first-order valence-electron chi connectivity index (χ1n) is 6.11. The van der Waals surface area contributed by atoms with Crippen molar-refractivity contribution < 1.29 is 19.7 Å². The van der Waals surface area contributed by atoms with Gasteiger partial charge in [-0.3, -0.25) is 10.1 Å². The molecule has 0 amide bonds. The predicted molar refractivity (Wildman–Crippen MR) is 62.1 cm³/mol. The van der Waals surface area contributed by atoms with E-state index in [2.05, 4.69) is 16.5 Å². The molecule has 4 nitrogen and oxygen atoms in total. The van der Waals surface area contributed by atoms with E-state index in [0.29, 0.717) is 6.42 Å². The Kier molecular flexibility index (Phi) is 10.5. The highest BCUT2D eigenvalue weighted by Crippen LogP contribution is 2.12. The number of carbonyl (C=O) groups is 1. The van der Waals surface area contributed by atoms with Gasteiger partial charge in [0.25, 0.3) is 0 Å². The van der Waals surface area contributed by atoms with Crippen LogP contribution < -0.4 is 0 Å². The van der Waals surface area contributed by atoms with Gasteiger partial charge >= 0.3 is 5.97 Å². The molecule has 0 aromatic rings. The van der Waals surface area contributed by atoms with Crippen LogP contribution in [0.2, 0.25) is 0 Å². The zero-order valence-electron chi connectivity index (χ0n) is 10.4. The third-order valence-corrected chi connectivity index (χ3v) is 2.65. The molecule has 1 N–H and O–H groups in total. The van der Waals surface area contributed by atoms with Crippen LogP contribution in [0.4, 0.5) is 0 Å². The zero-order valence-corrected chi connectivity index (χ0v) is 10.4. The highest BCUT2D eigenvalue weighted by molar-refractivity contribution is 5.69. The molecule has 0 saturated carbocycles. The van der Waals surface area contributed by atoms with E-state index < -0.39 is 6.10 Å². The van der Waals surface area contributed by atoms with Crippen LogP contribution in [0.15, 0.2) is 0 Å². The van der Waals surface area contributed by atoms with Crippen LogP contribution in [0.3, 0.4) is 0 Å². The molecule has 0 aliphatic rings. The first-order valence-corrected chi connectivity index (χ1v) is 6.11. The number of rotatable bonds is 10. The molecule has 0 aromatic carbocycles. The van der Waals surface area contributed by atoms with Gasteiger partial charge in [-0.1, -0.05) is 45.4 Å². The summed E-state index contributed by atoms with van der Waals surface area (Å²) in [4.78, 5) is 15.2. The Morgan fingerprint density at radius 1 is 1.19 bits per heavy atom. The lowest BCUT2D eigenvalue weighted by molar-refractivity contribution is -0.280. The first kappa shape index (κ1) is 15.4. The Labute approximate surface area is 97.9 Å². The summed E-state index contributed by atoms with van der Waals surface area (Å²) in [7, 11) is 1.33. The van der Waals surface area contributed by atoms with Crippen molar-refractivity contribution in [2.75, 3.05) is 7.11 Å². The number of methoxy groups -OCH3 is 1. The second kappa shape index (κ2) is 10.9. The summed E-state index contributed by atoms with van der Waals surface area (Å²) in [5.74, 6) is -0.343. The maximum atomic E-state index is 10.9. The Hall–Kier alpha value is -0.610. The van der Waals surface area contributed by atoms with Crippen LogP contribution in [-0.4, -0.2) is 24.4 Å². The van der Waals surface area contributed by atoms with Gasteiger partial charge in [-0.15, -0.1) is 0 Å². The minimum Gasteiger partial charge on any atom is -0.469 e. The first-order chi connectivity index (χ1) is 7.74. The lowest BCUT2D eigenvalue weighted by atomic mass is 10.1. The molecular formula is C12H24O4. The van der Waals surface area contributed by atoms with Crippen molar-refractivity contribution >= 4 is 5.97 Å². The molecule has 0 saturated heterocycles. The lowest BCUT2D eigenvalue weighted by Gasteiger charge is -2.11. The largest absolute Gasteiger partial charge is 0.469 e. The van der Waals surface area contributed by atoms with E-state index in [-0.39, 0.29) is 12.4 Å². The topological polar surface area (TPSA) is 55.8 Å². The predicted octanol–water partition coefficient (Wildman–Crippen LogP) is 3.16. The van der Waals surface area contributed by atoms with Gasteiger partial charge in [0, 0.05) is 0 Å². The minimum absolute atomic E-state index is 0.127. The summed E-state index contributed by atoms with van der Waals surface area (Å²) >= 11 is 0. The van der Waals surface area contributed by atoms with Crippen LogP contribution in [0, 0.1) is 0 Å². The van der Waals surface area contributed by atoms with E-state index in [1.165, 1.54) is 32.8 Å². The van der Waals surface area contributed by atoms with Gasteiger partial charge in [-0.25, -0.2) is 4.89 Å². The second-order valence-electron chi connectivity index (χ2n) is 4.06.